The molecule has 1 aliphatic rings. The predicted molar refractivity (Wildman–Crippen MR) is 88.4 cm³/mol. The van der Waals surface area contributed by atoms with Gasteiger partial charge in [0.1, 0.15) is 11.4 Å². The van der Waals surface area contributed by atoms with E-state index in [1.165, 1.54) is 6.07 Å². The number of carbonyl (C=O) groups excluding carboxylic acids is 1. The van der Waals surface area contributed by atoms with Crippen molar-refractivity contribution in [2.24, 2.45) is 5.92 Å². The second-order valence-corrected chi connectivity index (χ2v) is 8.14. The number of hydrogen-bond acceptors (Lipinski definition) is 2. The van der Waals surface area contributed by atoms with Gasteiger partial charge in [-0.3, -0.25) is 0 Å². The van der Waals surface area contributed by atoms with Gasteiger partial charge in [-0.05, 0) is 56.9 Å². The summed E-state index contributed by atoms with van der Waals surface area (Å²) in [4.78, 5) is 13.7. The first-order chi connectivity index (χ1) is 10.0. The number of benzene rings is 1. The van der Waals surface area contributed by atoms with Gasteiger partial charge in [-0.25, -0.2) is 9.18 Å². The van der Waals surface area contributed by atoms with Gasteiger partial charge in [0.15, 0.2) is 0 Å². The Hall–Kier alpha value is -1.10. The Morgan fingerprint density at radius 3 is 2.59 bits per heavy atom. The molecule has 3 nitrogen and oxygen atoms in total. The molecule has 0 bridgehead atoms. The molecule has 2 rings (SSSR count). The highest BCUT2D eigenvalue weighted by Crippen LogP contribution is 2.55. The van der Waals surface area contributed by atoms with E-state index in [0.717, 1.165) is 10.9 Å². The van der Waals surface area contributed by atoms with E-state index in [4.69, 9.17) is 4.74 Å². The van der Waals surface area contributed by atoms with Crippen molar-refractivity contribution in [1.82, 2.24) is 4.90 Å². The lowest BCUT2D eigenvalue weighted by atomic mass is 9.92. The van der Waals surface area contributed by atoms with E-state index in [1.807, 2.05) is 26.8 Å². The second-order valence-electron chi connectivity index (χ2n) is 7.22. The van der Waals surface area contributed by atoms with Crippen molar-refractivity contribution in [3.05, 3.63) is 34.1 Å². The number of nitrogens with zero attached hydrogens (tertiary/aromatic N) is 1. The second kappa shape index (κ2) is 5.84. The summed E-state index contributed by atoms with van der Waals surface area (Å²) in [5.74, 6) is 0.117. The topological polar surface area (TPSA) is 29.5 Å². The van der Waals surface area contributed by atoms with E-state index in [9.17, 15) is 9.18 Å². The Bertz CT molecular complexity index is 585. The molecule has 122 valence electrons. The molecule has 0 unspecified atom stereocenters. The molecule has 2 atom stereocenters. The molecule has 1 aromatic carbocycles. The molecule has 1 aliphatic carbocycles. The first kappa shape index (κ1) is 17.3. The minimum absolute atomic E-state index is 0.217. The lowest BCUT2D eigenvalue weighted by Crippen LogP contribution is -2.39. The van der Waals surface area contributed by atoms with Crippen LogP contribution in [0.25, 0.3) is 0 Å². The maximum absolute atomic E-state index is 14.2. The standard InChI is InChI=1S/C17H23BrFNO2/c1-11-9-17(11,13-8-12(18)6-7-14(13)19)10-20(5)15(21)22-16(2,3)4/h6-8,11H,9-10H2,1-5H3/t11-,17+/m1/s1. The van der Waals surface area contributed by atoms with Crippen molar-refractivity contribution in [3.63, 3.8) is 0 Å². The largest absolute Gasteiger partial charge is 0.444 e. The van der Waals surface area contributed by atoms with Gasteiger partial charge in [0, 0.05) is 23.5 Å². The monoisotopic (exact) mass is 371 g/mol. The van der Waals surface area contributed by atoms with E-state index in [0.29, 0.717) is 18.0 Å². The summed E-state index contributed by atoms with van der Waals surface area (Å²) in [7, 11) is 1.71. The van der Waals surface area contributed by atoms with Crippen LogP contribution < -0.4 is 0 Å². The summed E-state index contributed by atoms with van der Waals surface area (Å²) < 4.78 is 20.5. The van der Waals surface area contributed by atoms with Gasteiger partial charge >= 0.3 is 6.09 Å². The van der Waals surface area contributed by atoms with Crippen LogP contribution in [0, 0.1) is 11.7 Å². The number of halogens is 2. The molecule has 0 aliphatic heterocycles. The Morgan fingerprint density at radius 2 is 2.09 bits per heavy atom. The van der Waals surface area contributed by atoms with Crippen molar-refractivity contribution in [2.75, 3.05) is 13.6 Å². The minimum atomic E-state index is -0.533. The zero-order chi connectivity index (χ0) is 16.7. The van der Waals surface area contributed by atoms with Gasteiger partial charge in [-0.1, -0.05) is 22.9 Å². The van der Waals surface area contributed by atoms with Gasteiger partial charge in [-0.2, -0.15) is 0 Å². The summed E-state index contributed by atoms with van der Waals surface area (Å²) in [6.45, 7) is 8.05. The molecular weight excluding hydrogens is 349 g/mol. The lowest BCUT2D eigenvalue weighted by Gasteiger charge is -2.28. The SMILES string of the molecule is C[C@@H]1C[C@@]1(CN(C)C(=O)OC(C)(C)C)c1cc(Br)ccc1F. The molecule has 0 spiro atoms. The number of amides is 1. The number of ether oxygens (including phenoxy) is 1. The molecule has 1 amide bonds. The third kappa shape index (κ3) is 3.62. The van der Waals surface area contributed by atoms with Crippen molar-refractivity contribution in [3.8, 4) is 0 Å². The van der Waals surface area contributed by atoms with Crippen LogP contribution in [0.2, 0.25) is 0 Å². The molecule has 1 saturated carbocycles. The predicted octanol–water partition coefficient (Wildman–Crippen LogP) is 4.73. The third-order valence-electron chi connectivity index (χ3n) is 4.14. The summed E-state index contributed by atoms with van der Waals surface area (Å²) in [6.07, 6.45) is 0.495. The zero-order valence-corrected chi connectivity index (χ0v) is 15.3. The molecule has 1 aromatic rings. The molecule has 0 saturated heterocycles. The Morgan fingerprint density at radius 1 is 1.50 bits per heavy atom. The van der Waals surface area contributed by atoms with Crippen LogP contribution >= 0.6 is 15.9 Å². The fraction of sp³-hybridized carbons (Fsp3) is 0.588. The number of rotatable bonds is 3. The number of likely N-dealkylation sites (N-methyl/N-ethyl adjacent to an activating group) is 1. The summed E-state index contributed by atoms with van der Waals surface area (Å²) in [6, 6.07) is 4.98. The molecule has 0 N–H and O–H groups in total. The smallest absolute Gasteiger partial charge is 0.410 e. The summed E-state index contributed by atoms with van der Waals surface area (Å²) >= 11 is 3.40. The van der Waals surface area contributed by atoms with Gasteiger partial charge in [-0.15, -0.1) is 0 Å². The molecule has 0 radical (unpaired) electrons. The van der Waals surface area contributed by atoms with Crippen LogP contribution in [0.1, 0.15) is 39.7 Å². The van der Waals surface area contributed by atoms with E-state index in [1.54, 1.807) is 18.0 Å². The Balaban J connectivity index is 2.19. The van der Waals surface area contributed by atoms with Crippen molar-refractivity contribution in [2.45, 2.75) is 45.1 Å². The fourth-order valence-corrected chi connectivity index (χ4v) is 3.24. The van der Waals surface area contributed by atoms with Crippen LogP contribution in [0.5, 0.6) is 0 Å². The highest BCUT2D eigenvalue weighted by atomic mass is 79.9. The summed E-state index contributed by atoms with van der Waals surface area (Å²) in [5.41, 5.74) is -0.182. The maximum atomic E-state index is 14.2. The average molecular weight is 372 g/mol. The van der Waals surface area contributed by atoms with Gasteiger partial charge in [0.05, 0.1) is 0 Å². The summed E-state index contributed by atoms with van der Waals surface area (Å²) in [5, 5.41) is 0. The zero-order valence-electron chi connectivity index (χ0n) is 13.7. The first-order valence-electron chi connectivity index (χ1n) is 7.45. The van der Waals surface area contributed by atoms with Crippen molar-refractivity contribution < 1.29 is 13.9 Å². The normalized spacial score (nSPS) is 24.0. The molecular formula is C17H23BrFNO2. The van der Waals surface area contributed by atoms with Crippen molar-refractivity contribution in [1.29, 1.82) is 0 Å². The lowest BCUT2D eigenvalue weighted by molar-refractivity contribution is 0.0279. The van der Waals surface area contributed by atoms with Crippen LogP contribution in [-0.4, -0.2) is 30.2 Å². The van der Waals surface area contributed by atoms with Gasteiger partial charge in [0.2, 0.25) is 0 Å². The number of hydrogen-bond donors (Lipinski definition) is 0. The molecule has 1 fully saturated rings. The van der Waals surface area contributed by atoms with Crippen LogP contribution in [-0.2, 0) is 10.2 Å². The molecule has 0 aromatic heterocycles. The third-order valence-corrected chi connectivity index (χ3v) is 4.64. The molecule has 22 heavy (non-hydrogen) atoms. The highest BCUT2D eigenvalue weighted by Gasteiger charge is 2.54. The fourth-order valence-electron chi connectivity index (χ4n) is 2.88. The van der Waals surface area contributed by atoms with E-state index >= 15 is 0 Å². The van der Waals surface area contributed by atoms with Crippen LogP contribution in [0.3, 0.4) is 0 Å². The van der Waals surface area contributed by atoms with Crippen LogP contribution in [0.15, 0.2) is 22.7 Å². The highest BCUT2D eigenvalue weighted by molar-refractivity contribution is 9.10. The van der Waals surface area contributed by atoms with Gasteiger partial charge in [0.25, 0.3) is 0 Å². The molecule has 0 heterocycles. The van der Waals surface area contributed by atoms with E-state index in [2.05, 4.69) is 22.9 Å². The Kier molecular flexibility index (Phi) is 4.58. The van der Waals surface area contributed by atoms with Crippen LogP contribution in [0.4, 0.5) is 9.18 Å². The Labute approximate surface area is 140 Å². The van der Waals surface area contributed by atoms with Crippen molar-refractivity contribution >= 4 is 22.0 Å². The van der Waals surface area contributed by atoms with E-state index < -0.39 is 5.60 Å². The quantitative estimate of drug-likeness (QED) is 0.768. The van der Waals surface area contributed by atoms with E-state index in [-0.39, 0.29) is 17.3 Å². The average Bonchev–Trinajstić information content (AvgIpc) is 3.01. The first-order valence-corrected chi connectivity index (χ1v) is 8.24. The minimum Gasteiger partial charge on any atom is -0.444 e. The molecule has 5 heteroatoms. The maximum Gasteiger partial charge on any atom is 0.410 e. The number of carbonyl (C=O) groups is 1. The van der Waals surface area contributed by atoms with Gasteiger partial charge < -0.3 is 9.64 Å².